The van der Waals surface area contributed by atoms with E-state index in [0.717, 1.165) is 19.4 Å². The van der Waals surface area contributed by atoms with Gasteiger partial charge in [-0.25, -0.2) is 0 Å². The van der Waals surface area contributed by atoms with Crippen LogP contribution in [-0.2, 0) is 13.0 Å². The summed E-state index contributed by atoms with van der Waals surface area (Å²) in [5, 5.41) is 5.78. The van der Waals surface area contributed by atoms with Crippen molar-refractivity contribution in [2.45, 2.75) is 38.8 Å². The summed E-state index contributed by atoms with van der Waals surface area (Å²) in [5.41, 5.74) is 1.56. The van der Waals surface area contributed by atoms with Crippen LogP contribution in [0.25, 0.3) is 0 Å². The van der Waals surface area contributed by atoms with Crippen LogP contribution < -0.4 is 5.32 Å². The summed E-state index contributed by atoms with van der Waals surface area (Å²) < 4.78 is 1.21. The number of rotatable bonds is 6. The van der Waals surface area contributed by atoms with Crippen molar-refractivity contribution in [3.63, 3.8) is 0 Å². The van der Waals surface area contributed by atoms with Gasteiger partial charge in [0.05, 0.1) is 0 Å². The van der Waals surface area contributed by atoms with Crippen LogP contribution in [-0.4, -0.2) is 5.54 Å². The largest absolute Gasteiger partial charge is 0.307 e. The first-order valence-electron chi connectivity index (χ1n) is 6.58. The molecular formula is C16H20BrNS. The van der Waals surface area contributed by atoms with Crippen LogP contribution in [0.1, 0.15) is 30.7 Å². The highest BCUT2D eigenvalue weighted by Crippen LogP contribution is 2.23. The molecule has 0 aliphatic heterocycles. The van der Waals surface area contributed by atoms with Crippen molar-refractivity contribution in [2.75, 3.05) is 0 Å². The van der Waals surface area contributed by atoms with E-state index in [9.17, 15) is 0 Å². The molecule has 2 aromatic rings. The highest BCUT2D eigenvalue weighted by Gasteiger charge is 2.17. The van der Waals surface area contributed by atoms with E-state index in [2.05, 4.69) is 76.9 Å². The van der Waals surface area contributed by atoms with E-state index in [4.69, 9.17) is 0 Å². The number of benzene rings is 1. The Morgan fingerprint density at radius 2 is 1.89 bits per heavy atom. The van der Waals surface area contributed by atoms with Crippen molar-refractivity contribution < 1.29 is 0 Å². The van der Waals surface area contributed by atoms with Crippen molar-refractivity contribution in [3.05, 3.63) is 56.7 Å². The molecule has 102 valence electrons. The average molecular weight is 338 g/mol. The van der Waals surface area contributed by atoms with E-state index in [1.54, 1.807) is 11.3 Å². The maximum atomic E-state index is 3.65. The predicted octanol–water partition coefficient (Wildman–Crippen LogP) is 5.01. The Bertz CT molecular complexity index is 504. The van der Waals surface area contributed by atoms with E-state index in [0.29, 0.717) is 0 Å². The summed E-state index contributed by atoms with van der Waals surface area (Å²) >= 11 is 5.38. The first-order chi connectivity index (χ1) is 9.07. The molecule has 0 saturated heterocycles. The number of nitrogens with one attached hydrogen (secondary N) is 1. The van der Waals surface area contributed by atoms with Gasteiger partial charge in [0.2, 0.25) is 0 Å². The molecule has 0 fully saturated rings. The zero-order valence-electron chi connectivity index (χ0n) is 11.4. The summed E-state index contributed by atoms with van der Waals surface area (Å²) in [5.74, 6) is 0. The van der Waals surface area contributed by atoms with Crippen LogP contribution in [0.5, 0.6) is 0 Å². The number of hydrogen-bond donors (Lipinski definition) is 1. The highest BCUT2D eigenvalue weighted by molar-refractivity contribution is 9.10. The van der Waals surface area contributed by atoms with Crippen molar-refractivity contribution >= 4 is 27.3 Å². The molecule has 0 atom stereocenters. The summed E-state index contributed by atoms with van der Waals surface area (Å²) in [7, 11) is 0. The van der Waals surface area contributed by atoms with Gasteiger partial charge in [0, 0.05) is 21.4 Å². The van der Waals surface area contributed by atoms with Gasteiger partial charge in [0.1, 0.15) is 0 Å². The molecule has 1 nitrogen and oxygen atoms in total. The van der Waals surface area contributed by atoms with Gasteiger partial charge in [0.15, 0.2) is 0 Å². The molecule has 0 aliphatic carbocycles. The molecule has 0 unspecified atom stereocenters. The normalized spacial score (nSPS) is 11.7. The van der Waals surface area contributed by atoms with Gasteiger partial charge >= 0.3 is 0 Å². The second kappa shape index (κ2) is 6.69. The van der Waals surface area contributed by atoms with Crippen LogP contribution in [0.4, 0.5) is 0 Å². The third-order valence-electron chi connectivity index (χ3n) is 3.30. The minimum Gasteiger partial charge on any atom is -0.307 e. The molecule has 0 bridgehead atoms. The zero-order valence-corrected chi connectivity index (χ0v) is 13.9. The molecule has 1 aromatic carbocycles. The SMILES string of the molecule is CC(C)(CCc1ccccc1)NCc1sccc1Br. The van der Waals surface area contributed by atoms with Crippen LogP contribution in [0, 0.1) is 0 Å². The Balaban J connectivity index is 1.83. The second-order valence-corrected chi connectivity index (χ2v) is 7.27. The lowest BCUT2D eigenvalue weighted by atomic mass is 9.95. The van der Waals surface area contributed by atoms with Crippen molar-refractivity contribution in [3.8, 4) is 0 Å². The minimum atomic E-state index is 0.152. The Morgan fingerprint density at radius 1 is 1.16 bits per heavy atom. The molecule has 19 heavy (non-hydrogen) atoms. The van der Waals surface area contributed by atoms with Gasteiger partial charge in [0.25, 0.3) is 0 Å². The summed E-state index contributed by atoms with van der Waals surface area (Å²) in [6, 6.07) is 12.8. The van der Waals surface area contributed by atoms with Crippen molar-refractivity contribution in [1.29, 1.82) is 0 Å². The predicted molar refractivity (Wildman–Crippen MR) is 87.7 cm³/mol. The summed E-state index contributed by atoms with van der Waals surface area (Å²) in [6.45, 7) is 5.48. The molecule has 0 radical (unpaired) electrons. The Kier molecular flexibility index (Phi) is 5.20. The second-order valence-electron chi connectivity index (χ2n) is 5.41. The first kappa shape index (κ1) is 14.8. The fourth-order valence-electron chi connectivity index (χ4n) is 1.96. The smallest absolute Gasteiger partial charge is 0.0327 e. The van der Waals surface area contributed by atoms with Crippen molar-refractivity contribution in [2.24, 2.45) is 0 Å². The van der Waals surface area contributed by atoms with Gasteiger partial charge in [-0.05, 0) is 59.6 Å². The number of aryl methyl sites for hydroxylation is 1. The summed E-state index contributed by atoms with van der Waals surface area (Å²) in [4.78, 5) is 1.37. The molecule has 1 N–H and O–H groups in total. The Hall–Kier alpha value is -0.640. The van der Waals surface area contributed by atoms with E-state index < -0.39 is 0 Å². The number of halogens is 1. The van der Waals surface area contributed by atoms with Crippen LogP contribution >= 0.6 is 27.3 Å². The topological polar surface area (TPSA) is 12.0 Å². The molecular weight excluding hydrogens is 318 g/mol. The monoisotopic (exact) mass is 337 g/mol. The third-order valence-corrected chi connectivity index (χ3v) is 5.23. The third kappa shape index (κ3) is 4.75. The molecule has 0 spiro atoms. The molecule has 0 amide bonds. The van der Waals surface area contributed by atoms with Gasteiger partial charge in [-0.1, -0.05) is 30.3 Å². The van der Waals surface area contributed by atoms with Gasteiger partial charge < -0.3 is 5.32 Å². The van der Waals surface area contributed by atoms with E-state index >= 15 is 0 Å². The van der Waals surface area contributed by atoms with Gasteiger partial charge in [-0.2, -0.15) is 0 Å². The van der Waals surface area contributed by atoms with Crippen molar-refractivity contribution in [1.82, 2.24) is 5.32 Å². The van der Waals surface area contributed by atoms with Crippen LogP contribution in [0.2, 0.25) is 0 Å². The molecule has 0 aliphatic rings. The van der Waals surface area contributed by atoms with Crippen LogP contribution in [0.15, 0.2) is 46.3 Å². The fourth-order valence-corrected chi connectivity index (χ4v) is 3.39. The Labute approximate surface area is 128 Å². The summed E-state index contributed by atoms with van der Waals surface area (Å²) in [6.07, 6.45) is 2.26. The molecule has 2 rings (SSSR count). The molecule has 1 aromatic heterocycles. The van der Waals surface area contributed by atoms with E-state index in [1.165, 1.54) is 14.9 Å². The quantitative estimate of drug-likeness (QED) is 0.780. The molecule has 0 saturated carbocycles. The Morgan fingerprint density at radius 3 is 2.53 bits per heavy atom. The van der Waals surface area contributed by atoms with E-state index in [-0.39, 0.29) is 5.54 Å². The average Bonchev–Trinajstić information content (AvgIpc) is 2.81. The lowest BCUT2D eigenvalue weighted by molar-refractivity contribution is 0.361. The lowest BCUT2D eigenvalue weighted by Gasteiger charge is -2.26. The zero-order chi connectivity index (χ0) is 13.7. The van der Waals surface area contributed by atoms with Gasteiger partial charge in [-0.3, -0.25) is 0 Å². The maximum absolute atomic E-state index is 3.65. The van der Waals surface area contributed by atoms with Crippen LogP contribution in [0.3, 0.4) is 0 Å². The molecule has 3 heteroatoms. The highest BCUT2D eigenvalue weighted by atomic mass is 79.9. The number of thiophene rings is 1. The number of hydrogen-bond acceptors (Lipinski definition) is 2. The standard InChI is InChI=1S/C16H20BrNS/c1-16(2,10-8-13-6-4-3-5-7-13)18-12-15-14(17)9-11-19-15/h3-7,9,11,18H,8,10,12H2,1-2H3. The molecule has 1 heterocycles. The lowest BCUT2D eigenvalue weighted by Crippen LogP contribution is -2.39. The van der Waals surface area contributed by atoms with Gasteiger partial charge in [-0.15, -0.1) is 11.3 Å². The van der Waals surface area contributed by atoms with E-state index in [1.807, 2.05) is 0 Å². The fraction of sp³-hybridized carbons (Fsp3) is 0.375. The first-order valence-corrected chi connectivity index (χ1v) is 8.25. The minimum absolute atomic E-state index is 0.152. The maximum Gasteiger partial charge on any atom is 0.0327 e.